The zero-order valence-corrected chi connectivity index (χ0v) is 11.3. The smallest absolute Gasteiger partial charge is 0.200 e. The Hall–Kier alpha value is -1.21. The molecule has 0 radical (unpaired) electrons. The first kappa shape index (κ1) is 14.2. The van der Waals surface area contributed by atoms with Gasteiger partial charge in [-0.3, -0.25) is 4.90 Å². The number of fused-ring (bicyclic) bond motifs is 1. The molecule has 1 aliphatic rings. The molecule has 5 nitrogen and oxygen atoms in total. The fourth-order valence-electron chi connectivity index (χ4n) is 2.19. The van der Waals surface area contributed by atoms with E-state index < -0.39 is 9.84 Å². The fourth-order valence-corrected chi connectivity index (χ4v) is 3.42. The number of hydrogen-bond acceptors (Lipinski definition) is 5. The molecule has 0 atom stereocenters. The van der Waals surface area contributed by atoms with Gasteiger partial charge in [-0.05, 0) is 23.3 Å². The summed E-state index contributed by atoms with van der Waals surface area (Å²) in [6.07, 6.45) is 1.61. The zero-order chi connectivity index (χ0) is 13.9. The van der Waals surface area contributed by atoms with Gasteiger partial charge in [-0.1, -0.05) is 12.1 Å². The summed E-state index contributed by atoms with van der Waals surface area (Å²) >= 11 is 0. The van der Waals surface area contributed by atoms with Crippen molar-refractivity contribution in [3.8, 4) is 0 Å². The highest BCUT2D eigenvalue weighted by molar-refractivity contribution is 7.94. The van der Waals surface area contributed by atoms with Crippen LogP contribution in [0.1, 0.15) is 11.1 Å². The maximum Gasteiger partial charge on any atom is 0.200 e. The molecule has 1 heterocycles. The highest BCUT2D eigenvalue weighted by atomic mass is 32.2. The third-order valence-electron chi connectivity index (χ3n) is 3.10. The molecule has 0 saturated carbocycles. The van der Waals surface area contributed by atoms with E-state index in [4.69, 9.17) is 10.2 Å². The SMILES string of the molecule is O=S1(=O)C=Cc2c(CN(CCO)CCO)cccc21. The Morgan fingerprint density at radius 3 is 2.42 bits per heavy atom. The Kier molecular flexibility index (Phi) is 4.36. The lowest BCUT2D eigenvalue weighted by Crippen LogP contribution is -2.29. The number of sulfone groups is 1. The standard InChI is InChI=1S/C13H17NO4S/c15-7-5-14(6-8-16)10-11-2-1-3-13-12(11)4-9-19(13,17)18/h1-4,9,15-16H,5-8,10H2. The molecule has 0 aromatic heterocycles. The van der Waals surface area contributed by atoms with Gasteiger partial charge in [0.05, 0.1) is 18.1 Å². The van der Waals surface area contributed by atoms with Crippen molar-refractivity contribution in [1.29, 1.82) is 0 Å². The number of hydrogen-bond donors (Lipinski definition) is 2. The molecule has 104 valence electrons. The third kappa shape index (κ3) is 3.03. The topological polar surface area (TPSA) is 77.8 Å². The van der Waals surface area contributed by atoms with Crippen LogP contribution < -0.4 is 0 Å². The molecule has 0 unspecified atom stereocenters. The quantitative estimate of drug-likeness (QED) is 0.781. The van der Waals surface area contributed by atoms with Crippen molar-refractivity contribution >= 4 is 15.9 Å². The molecule has 1 aromatic rings. The Morgan fingerprint density at radius 1 is 1.11 bits per heavy atom. The van der Waals surface area contributed by atoms with Crippen LogP contribution in [0.3, 0.4) is 0 Å². The van der Waals surface area contributed by atoms with Gasteiger partial charge >= 0.3 is 0 Å². The van der Waals surface area contributed by atoms with Gasteiger partial charge in [0.1, 0.15) is 0 Å². The van der Waals surface area contributed by atoms with E-state index in [-0.39, 0.29) is 13.2 Å². The van der Waals surface area contributed by atoms with Gasteiger partial charge in [-0.15, -0.1) is 0 Å². The maximum absolute atomic E-state index is 11.8. The van der Waals surface area contributed by atoms with Crippen LogP contribution in [0.25, 0.3) is 6.08 Å². The second-order valence-electron chi connectivity index (χ2n) is 4.40. The molecule has 0 bridgehead atoms. The largest absolute Gasteiger partial charge is 0.395 e. The summed E-state index contributed by atoms with van der Waals surface area (Å²) in [7, 11) is -3.29. The van der Waals surface area contributed by atoms with Gasteiger partial charge in [-0.2, -0.15) is 0 Å². The number of aliphatic hydroxyl groups excluding tert-OH is 2. The molecule has 2 rings (SSSR count). The van der Waals surface area contributed by atoms with Crippen LogP contribution in [0.2, 0.25) is 0 Å². The van der Waals surface area contributed by atoms with Crippen molar-refractivity contribution in [3.05, 3.63) is 34.7 Å². The first-order chi connectivity index (χ1) is 9.08. The second kappa shape index (κ2) is 5.83. The van der Waals surface area contributed by atoms with Crippen LogP contribution in [0.15, 0.2) is 28.5 Å². The second-order valence-corrected chi connectivity index (χ2v) is 6.20. The third-order valence-corrected chi connectivity index (χ3v) is 4.57. The van der Waals surface area contributed by atoms with E-state index in [9.17, 15) is 8.42 Å². The van der Waals surface area contributed by atoms with E-state index in [1.54, 1.807) is 18.2 Å². The van der Waals surface area contributed by atoms with Crippen molar-refractivity contribution in [2.75, 3.05) is 26.3 Å². The molecule has 0 saturated heterocycles. The maximum atomic E-state index is 11.8. The molecule has 2 N–H and O–H groups in total. The van der Waals surface area contributed by atoms with Crippen molar-refractivity contribution in [2.24, 2.45) is 0 Å². The van der Waals surface area contributed by atoms with Gasteiger partial charge in [-0.25, -0.2) is 8.42 Å². The van der Waals surface area contributed by atoms with Gasteiger partial charge in [0.15, 0.2) is 9.84 Å². The number of rotatable bonds is 6. The lowest BCUT2D eigenvalue weighted by Gasteiger charge is -2.21. The summed E-state index contributed by atoms with van der Waals surface area (Å²) in [6, 6.07) is 5.18. The molecule has 6 heteroatoms. The lowest BCUT2D eigenvalue weighted by atomic mass is 10.1. The first-order valence-electron chi connectivity index (χ1n) is 6.07. The predicted molar refractivity (Wildman–Crippen MR) is 72.1 cm³/mol. The molecule has 19 heavy (non-hydrogen) atoms. The van der Waals surface area contributed by atoms with Crippen LogP contribution >= 0.6 is 0 Å². The van der Waals surface area contributed by atoms with E-state index in [2.05, 4.69) is 0 Å². The fraction of sp³-hybridized carbons (Fsp3) is 0.385. The van der Waals surface area contributed by atoms with Crippen LogP contribution in [-0.4, -0.2) is 49.8 Å². The minimum Gasteiger partial charge on any atom is -0.395 e. The van der Waals surface area contributed by atoms with E-state index in [0.717, 1.165) is 5.56 Å². The summed E-state index contributed by atoms with van der Waals surface area (Å²) in [5, 5.41) is 19.2. The first-order valence-corrected chi connectivity index (χ1v) is 7.62. The molecule has 0 aliphatic carbocycles. The van der Waals surface area contributed by atoms with Crippen molar-refractivity contribution in [3.63, 3.8) is 0 Å². The van der Waals surface area contributed by atoms with E-state index in [0.29, 0.717) is 30.1 Å². The van der Waals surface area contributed by atoms with Crippen LogP contribution in [0, 0.1) is 0 Å². The Balaban J connectivity index is 2.27. The highest BCUT2D eigenvalue weighted by Gasteiger charge is 2.23. The average Bonchev–Trinajstić information content (AvgIpc) is 2.67. The molecule has 0 fully saturated rings. The van der Waals surface area contributed by atoms with Gasteiger partial charge in [0.25, 0.3) is 0 Å². The van der Waals surface area contributed by atoms with Crippen LogP contribution in [0.4, 0.5) is 0 Å². The Bertz CT molecular complexity index is 574. The van der Waals surface area contributed by atoms with Gasteiger partial charge < -0.3 is 10.2 Å². The number of nitrogens with zero attached hydrogens (tertiary/aromatic N) is 1. The molecule has 1 aromatic carbocycles. The monoisotopic (exact) mass is 283 g/mol. The predicted octanol–water partition coefficient (Wildman–Crippen LogP) is 0.231. The average molecular weight is 283 g/mol. The summed E-state index contributed by atoms with van der Waals surface area (Å²) in [6.45, 7) is 1.40. The molecule has 1 aliphatic heterocycles. The summed E-state index contributed by atoms with van der Waals surface area (Å²) in [5.41, 5.74) is 1.60. The summed E-state index contributed by atoms with van der Waals surface area (Å²) in [5.74, 6) is 0. The number of benzene rings is 1. The van der Waals surface area contributed by atoms with E-state index >= 15 is 0 Å². The Labute approximate surface area is 112 Å². The number of aliphatic hydroxyl groups is 2. The molecule has 0 amide bonds. The van der Waals surface area contributed by atoms with Gasteiger partial charge in [0.2, 0.25) is 0 Å². The minimum absolute atomic E-state index is 0.00314. The van der Waals surface area contributed by atoms with Crippen molar-refractivity contribution in [2.45, 2.75) is 11.4 Å². The summed E-state index contributed by atoms with van der Waals surface area (Å²) < 4.78 is 23.5. The van der Waals surface area contributed by atoms with Crippen LogP contribution in [0.5, 0.6) is 0 Å². The normalized spacial score (nSPS) is 15.9. The van der Waals surface area contributed by atoms with E-state index in [1.807, 2.05) is 11.0 Å². The van der Waals surface area contributed by atoms with E-state index in [1.165, 1.54) is 5.41 Å². The van der Waals surface area contributed by atoms with Crippen LogP contribution in [-0.2, 0) is 16.4 Å². The lowest BCUT2D eigenvalue weighted by molar-refractivity contribution is 0.156. The molecule has 0 spiro atoms. The Morgan fingerprint density at radius 2 is 1.79 bits per heavy atom. The van der Waals surface area contributed by atoms with Gasteiger partial charge in [0, 0.05) is 25.0 Å². The van der Waals surface area contributed by atoms with Crippen molar-refractivity contribution < 1.29 is 18.6 Å². The molecular formula is C13H17NO4S. The summed E-state index contributed by atoms with van der Waals surface area (Å²) in [4.78, 5) is 2.21. The zero-order valence-electron chi connectivity index (χ0n) is 10.5. The van der Waals surface area contributed by atoms with Crippen molar-refractivity contribution in [1.82, 2.24) is 4.90 Å². The minimum atomic E-state index is -3.29. The highest BCUT2D eigenvalue weighted by Crippen LogP contribution is 2.29. The molecular weight excluding hydrogens is 266 g/mol.